The van der Waals surface area contributed by atoms with Crippen LogP contribution >= 0.6 is 12.2 Å². The number of hydrogen-bond donors (Lipinski definition) is 2. The molecular formula is C12H11N3O3S. The molecule has 2 N–H and O–H groups in total. The summed E-state index contributed by atoms with van der Waals surface area (Å²) in [6.45, 7) is 0. The molecule has 2 rings (SSSR count). The number of nitrogens with one attached hydrogen (secondary N) is 2. The fourth-order valence-electron chi connectivity index (χ4n) is 1.31. The van der Waals surface area contributed by atoms with Crippen molar-refractivity contribution in [1.29, 1.82) is 0 Å². The molecule has 2 aromatic rings. The van der Waals surface area contributed by atoms with E-state index in [1.807, 2.05) is 0 Å². The number of pyridine rings is 1. The second kappa shape index (κ2) is 5.96. The molecule has 0 saturated carbocycles. The van der Waals surface area contributed by atoms with Gasteiger partial charge in [0, 0.05) is 6.07 Å². The zero-order chi connectivity index (χ0) is 13.7. The maximum Gasteiger partial charge on any atom is 0.293 e. The van der Waals surface area contributed by atoms with Gasteiger partial charge < -0.3 is 14.5 Å². The minimum Gasteiger partial charge on any atom is -0.481 e. The van der Waals surface area contributed by atoms with E-state index in [1.54, 1.807) is 30.5 Å². The summed E-state index contributed by atoms with van der Waals surface area (Å²) in [6.07, 6.45) is 2.96. The maximum absolute atomic E-state index is 11.6. The average molecular weight is 277 g/mol. The molecule has 2 aromatic heterocycles. The van der Waals surface area contributed by atoms with Crippen molar-refractivity contribution >= 4 is 28.9 Å². The third kappa shape index (κ3) is 3.52. The molecular weight excluding hydrogens is 266 g/mol. The van der Waals surface area contributed by atoms with Crippen LogP contribution < -0.4 is 15.4 Å². The lowest BCUT2D eigenvalue weighted by molar-refractivity contribution is 0.0950. The van der Waals surface area contributed by atoms with E-state index in [4.69, 9.17) is 21.4 Å². The van der Waals surface area contributed by atoms with E-state index in [1.165, 1.54) is 13.4 Å². The van der Waals surface area contributed by atoms with Crippen LogP contribution in [-0.4, -0.2) is 23.1 Å². The average Bonchev–Trinajstić information content (AvgIpc) is 2.93. The van der Waals surface area contributed by atoms with Gasteiger partial charge in [0.05, 0.1) is 25.3 Å². The predicted molar refractivity (Wildman–Crippen MR) is 73.2 cm³/mol. The smallest absolute Gasteiger partial charge is 0.293 e. The Kier molecular flexibility index (Phi) is 4.09. The first-order valence-corrected chi connectivity index (χ1v) is 5.76. The monoisotopic (exact) mass is 277 g/mol. The van der Waals surface area contributed by atoms with Gasteiger partial charge in [0.2, 0.25) is 5.88 Å². The fraction of sp³-hybridized carbons (Fsp3) is 0.0833. The van der Waals surface area contributed by atoms with E-state index in [0.29, 0.717) is 11.6 Å². The van der Waals surface area contributed by atoms with E-state index < -0.39 is 5.91 Å². The molecule has 98 valence electrons. The van der Waals surface area contributed by atoms with Crippen molar-refractivity contribution in [1.82, 2.24) is 10.3 Å². The first kappa shape index (κ1) is 13.0. The van der Waals surface area contributed by atoms with Crippen molar-refractivity contribution in [3.05, 3.63) is 42.5 Å². The molecule has 19 heavy (non-hydrogen) atoms. The Hall–Kier alpha value is -2.41. The molecule has 0 unspecified atom stereocenters. The van der Waals surface area contributed by atoms with E-state index in [0.717, 1.165) is 0 Å². The van der Waals surface area contributed by atoms with Gasteiger partial charge in [0.15, 0.2) is 10.9 Å². The number of rotatable bonds is 3. The zero-order valence-electron chi connectivity index (χ0n) is 10.0. The molecule has 2 heterocycles. The highest BCUT2D eigenvalue weighted by atomic mass is 32.1. The first-order valence-electron chi connectivity index (χ1n) is 5.35. The fourth-order valence-corrected chi connectivity index (χ4v) is 1.52. The molecule has 0 fully saturated rings. The quantitative estimate of drug-likeness (QED) is 0.833. The summed E-state index contributed by atoms with van der Waals surface area (Å²) >= 11 is 5.00. The number of ether oxygens (including phenoxy) is 1. The molecule has 0 bridgehead atoms. The molecule has 0 aliphatic heterocycles. The highest BCUT2D eigenvalue weighted by molar-refractivity contribution is 7.80. The van der Waals surface area contributed by atoms with Crippen LogP contribution in [0.25, 0.3) is 0 Å². The van der Waals surface area contributed by atoms with Gasteiger partial charge in [0.1, 0.15) is 0 Å². The third-order valence-corrected chi connectivity index (χ3v) is 2.38. The molecule has 0 aliphatic carbocycles. The number of hydrogen-bond acceptors (Lipinski definition) is 5. The topological polar surface area (TPSA) is 76.4 Å². The van der Waals surface area contributed by atoms with Crippen LogP contribution in [0.3, 0.4) is 0 Å². The molecule has 0 saturated heterocycles. The highest BCUT2D eigenvalue weighted by Gasteiger charge is 2.10. The third-order valence-electron chi connectivity index (χ3n) is 2.18. The van der Waals surface area contributed by atoms with Crippen molar-refractivity contribution in [2.75, 3.05) is 12.4 Å². The number of carbonyl (C=O) groups is 1. The second-order valence-electron chi connectivity index (χ2n) is 3.47. The highest BCUT2D eigenvalue weighted by Crippen LogP contribution is 2.10. The molecule has 1 amide bonds. The number of nitrogens with zero attached hydrogens (tertiary/aromatic N) is 1. The van der Waals surface area contributed by atoms with Crippen molar-refractivity contribution < 1.29 is 13.9 Å². The number of amides is 1. The van der Waals surface area contributed by atoms with Crippen molar-refractivity contribution in [3.63, 3.8) is 0 Å². The standard InChI is InChI=1S/C12H11N3O3S/c1-17-10-5-4-8(7-13-10)14-12(19)15-11(16)9-3-2-6-18-9/h2-7H,1H3,(H2,14,15,16,19). The van der Waals surface area contributed by atoms with E-state index in [2.05, 4.69) is 15.6 Å². The first-order chi connectivity index (χ1) is 9.19. The number of anilines is 1. The van der Waals surface area contributed by atoms with E-state index in [-0.39, 0.29) is 10.9 Å². The van der Waals surface area contributed by atoms with Gasteiger partial charge >= 0.3 is 0 Å². The zero-order valence-corrected chi connectivity index (χ0v) is 10.9. The van der Waals surface area contributed by atoms with Gasteiger partial charge in [-0.05, 0) is 30.4 Å². The number of thiocarbonyl (C=S) groups is 1. The Morgan fingerprint density at radius 3 is 2.84 bits per heavy atom. The van der Waals surface area contributed by atoms with E-state index >= 15 is 0 Å². The number of methoxy groups -OCH3 is 1. The number of furan rings is 1. The Morgan fingerprint density at radius 2 is 2.26 bits per heavy atom. The molecule has 6 nitrogen and oxygen atoms in total. The molecule has 0 spiro atoms. The van der Waals surface area contributed by atoms with Crippen LogP contribution in [0.15, 0.2) is 41.1 Å². The van der Waals surface area contributed by atoms with Crippen molar-refractivity contribution in [2.24, 2.45) is 0 Å². The lowest BCUT2D eigenvalue weighted by Gasteiger charge is -2.08. The normalized spacial score (nSPS) is 9.74. The summed E-state index contributed by atoms with van der Waals surface area (Å²) in [5, 5.41) is 5.47. The van der Waals surface area contributed by atoms with Crippen molar-refractivity contribution in [3.8, 4) is 5.88 Å². The van der Waals surface area contributed by atoms with Gasteiger partial charge in [-0.2, -0.15) is 0 Å². The molecule has 0 atom stereocenters. The Bertz CT molecular complexity index is 566. The van der Waals surface area contributed by atoms with Crippen LogP contribution in [0, 0.1) is 0 Å². The summed E-state index contributed by atoms with van der Waals surface area (Å²) in [4.78, 5) is 15.6. The largest absolute Gasteiger partial charge is 0.481 e. The minimum absolute atomic E-state index is 0.161. The summed E-state index contributed by atoms with van der Waals surface area (Å²) in [6, 6.07) is 6.59. The molecule has 7 heteroatoms. The van der Waals surface area contributed by atoms with Crippen LogP contribution in [0.1, 0.15) is 10.6 Å². The van der Waals surface area contributed by atoms with Crippen LogP contribution in [-0.2, 0) is 0 Å². The summed E-state index contributed by atoms with van der Waals surface area (Å²) in [7, 11) is 1.53. The van der Waals surface area contributed by atoms with Gasteiger partial charge in [-0.3, -0.25) is 10.1 Å². The second-order valence-corrected chi connectivity index (χ2v) is 3.88. The molecule has 0 aliphatic rings. The lowest BCUT2D eigenvalue weighted by atomic mass is 10.4. The Labute approximate surface area is 114 Å². The number of aromatic nitrogens is 1. The van der Waals surface area contributed by atoms with Crippen LogP contribution in [0.2, 0.25) is 0 Å². The maximum atomic E-state index is 11.6. The van der Waals surface area contributed by atoms with E-state index in [9.17, 15) is 4.79 Å². The Balaban J connectivity index is 1.92. The van der Waals surface area contributed by atoms with Gasteiger partial charge in [-0.25, -0.2) is 4.98 Å². The summed E-state index contributed by atoms with van der Waals surface area (Å²) in [5.74, 6) is 0.275. The minimum atomic E-state index is -0.413. The van der Waals surface area contributed by atoms with Crippen LogP contribution in [0.5, 0.6) is 5.88 Å². The molecule has 0 radical (unpaired) electrons. The summed E-state index contributed by atoms with van der Waals surface area (Å²) < 4.78 is 9.88. The van der Waals surface area contributed by atoms with Crippen molar-refractivity contribution in [2.45, 2.75) is 0 Å². The van der Waals surface area contributed by atoms with Gasteiger partial charge in [-0.1, -0.05) is 0 Å². The Morgan fingerprint density at radius 1 is 1.42 bits per heavy atom. The SMILES string of the molecule is COc1ccc(NC(=S)NC(=O)c2ccco2)cn1. The molecule has 0 aromatic carbocycles. The lowest BCUT2D eigenvalue weighted by Crippen LogP contribution is -2.33. The van der Waals surface area contributed by atoms with Crippen LogP contribution in [0.4, 0.5) is 5.69 Å². The number of carbonyl (C=O) groups excluding carboxylic acids is 1. The van der Waals surface area contributed by atoms with Gasteiger partial charge in [-0.15, -0.1) is 0 Å². The van der Waals surface area contributed by atoms with Gasteiger partial charge in [0.25, 0.3) is 5.91 Å². The predicted octanol–water partition coefficient (Wildman–Crippen LogP) is 1.81. The summed E-state index contributed by atoms with van der Waals surface area (Å²) in [5.41, 5.74) is 0.644.